The van der Waals surface area contributed by atoms with Gasteiger partial charge in [-0.05, 0) is 49.9 Å². The van der Waals surface area contributed by atoms with Crippen LogP contribution in [0.1, 0.15) is 16.1 Å². The Morgan fingerprint density at radius 3 is 2.57 bits per heavy atom. The Bertz CT molecular complexity index is 783. The summed E-state index contributed by atoms with van der Waals surface area (Å²) in [6.07, 6.45) is 0. The molecule has 8 heteroatoms. The lowest BCUT2D eigenvalue weighted by Gasteiger charge is -2.05. The van der Waals surface area contributed by atoms with Crippen molar-refractivity contribution >= 4 is 37.5 Å². The number of anilines is 1. The Labute approximate surface area is 130 Å². The number of carbonyl (C=O) groups is 1. The molecule has 2 rings (SSSR count). The van der Waals surface area contributed by atoms with Crippen molar-refractivity contribution in [2.24, 2.45) is 0 Å². The maximum atomic E-state index is 12.0. The predicted octanol–water partition coefficient (Wildman–Crippen LogP) is 2.51. The molecule has 0 bridgehead atoms. The molecule has 1 aromatic carbocycles. The van der Waals surface area contributed by atoms with Gasteiger partial charge >= 0.3 is 0 Å². The van der Waals surface area contributed by atoms with Crippen LogP contribution in [0.5, 0.6) is 0 Å². The molecule has 1 amide bonds. The molecule has 0 atom stereocenters. The fraction of sp³-hybridized carbons (Fsp3) is 0.154. The molecule has 0 aliphatic carbocycles. The first kappa shape index (κ1) is 15.7. The van der Waals surface area contributed by atoms with Crippen LogP contribution in [0.3, 0.4) is 0 Å². The average molecular weight is 373 g/mol. The van der Waals surface area contributed by atoms with Gasteiger partial charge in [-0.15, -0.1) is 0 Å². The summed E-state index contributed by atoms with van der Waals surface area (Å²) < 4.78 is 31.2. The number of aryl methyl sites for hydroxylation is 1. The first-order chi connectivity index (χ1) is 9.83. The molecule has 0 spiro atoms. The molecule has 6 nitrogen and oxygen atoms in total. The van der Waals surface area contributed by atoms with Gasteiger partial charge in [-0.3, -0.25) is 4.79 Å². The smallest absolute Gasteiger partial charge is 0.291 e. The normalized spacial score (nSPS) is 11.4. The highest BCUT2D eigenvalue weighted by atomic mass is 79.9. The number of hydrogen-bond acceptors (Lipinski definition) is 4. The van der Waals surface area contributed by atoms with Crippen molar-refractivity contribution in [3.8, 4) is 0 Å². The van der Waals surface area contributed by atoms with Gasteiger partial charge in [0.15, 0.2) is 5.76 Å². The van der Waals surface area contributed by atoms with E-state index in [9.17, 15) is 13.2 Å². The Balaban J connectivity index is 2.19. The number of rotatable bonds is 4. The van der Waals surface area contributed by atoms with Gasteiger partial charge in [-0.1, -0.05) is 15.9 Å². The minimum Gasteiger partial charge on any atom is -0.438 e. The highest BCUT2D eigenvalue weighted by molar-refractivity contribution is 9.10. The van der Waals surface area contributed by atoms with E-state index >= 15 is 0 Å². The zero-order valence-electron chi connectivity index (χ0n) is 11.3. The molecule has 112 valence electrons. The highest BCUT2D eigenvalue weighted by Crippen LogP contribution is 2.21. The topological polar surface area (TPSA) is 88.4 Å². The molecule has 2 aromatic rings. The van der Waals surface area contributed by atoms with Gasteiger partial charge in [-0.2, -0.15) is 0 Å². The highest BCUT2D eigenvalue weighted by Gasteiger charge is 2.19. The Morgan fingerprint density at radius 2 is 1.95 bits per heavy atom. The van der Waals surface area contributed by atoms with Gasteiger partial charge in [0.25, 0.3) is 15.9 Å². The van der Waals surface area contributed by atoms with Gasteiger partial charge in [0.05, 0.1) is 0 Å². The van der Waals surface area contributed by atoms with Crippen LogP contribution in [0.25, 0.3) is 0 Å². The number of furan rings is 1. The van der Waals surface area contributed by atoms with E-state index in [2.05, 4.69) is 26.0 Å². The zero-order valence-corrected chi connectivity index (χ0v) is 13.7. The van der Waals surface area contributed by atoms with Crippen molar-refractivity contribution in [2.75, 3.05) is 12.4 Å². The van der Waals surface area contributed by atoms with E-state index in [1.165, 1.54) is 19.2 Å². The lowest BCUT2D eigenvalue weighted by molar-refractivity contribution is 0.0991. The molecule has 2 N–H and O–H groups in total. The van der Waals surface area contributed by atoms with E-state index in [0.29, 0.717) is 5.69 Å². The summed E-state index contributed by atoms with van der Waals surface area (Å²) in [7, 11) is -2.43. The largest absolute Gasteiger partial charge is 0.438 e. The second-order valence-corrected chi connectivity index (χ2v) is 6.92. The Kier molecular flexibility index (Phi) is 4.50. The van der Waals surface area contributed by atoms with Gasteiger partial charge in [0, 0.05) is 10.2 Å². The summed E-state index contributed by atoms with van der Waals surface area (Å²) in [5.74, 6) is -0.598. The van der Waals surface area contributed by atoms with Crippen LogP contribution >= 0.6 is 15.9 Å². The quantitative estimate of drug-likeness (QED) is 0.862. The fourth-order valence-electron chi connectivity index (χ4n) is 1.60. The maximum absolute atomic E-state index is 12.0. The van der Waals surface area contributed by atoms with Crippen LogP contribution < -0.4 is 10.0 Å². The number of sulfonamides is 1. The van der Waals surface area contributed by atoms with E-state index in [1.807, 2.05) is 13.0 Å². The minimum absolute atomic E-state index is 0.0793. The van der Waals surface area contributed by atoms with Crippen LogP contribution in [0.15, 0.2) is 44.3 Å². The molecule has 1 aromatic heterocycles. The van der Waals surface area contributed by atoms with Crippen LogP contribution in [0.4, 0.5) is 5.69 Å². The maximum Gasteiger partial charge on any atom is 0.291 e. The van der Waals surface area contributed by atoms with Crippen LogP contribution in [0, 0.1) is 6.92 Å². The van der Waals surface area contributed by atoms with E-state index < -0.39 is 15.9 Å². The van der Waals surface area contributed by atoms with Crippen LogP contribution in [-0.2, 0) is 10.0 Å². The van der Waals surface area contributed by atoms with Crippen molar-refractivity contribution in [1.29, 1.82) is 0 Å². The number of benzene rings is 1. The number of amides is 1. The number of carbonyl (C=O) groups excluding carboxylic acids is 1. The van der Waals surface area contributed by atoms with Crippen LogP contribution in [-0.4, -0.2) is 21.4 Å². The van der Waals surface area contributed by atoms with Crippen molar-refractivity contribution in [1.82, 2.24) is 4.72 Å². The molecular weight excluding hydrogens is 360 g/mol. The summed E-state index contributed by atoms with van der Waals surface area (Å²) in [6.45, 7) is 1.89. The zero-order chi connectivity index (χ0) is 15.6. The molecule has 0 saturated carbocycles. The van der Waals surface area contributed by atoms with E-state index in [-0.39, 0.29) is 10.9 Å². The average Bonchev–Trinajstić information content (AvgIpc) is 2.93. The van der Waals surface area contributed by atoms with Gasteiger partial charge in [-0.25, -0.2) is 13.1 Å². The second kappa shape index (κ2) is 6.00. The molecule has 0 saturated heterocycles. The molecule has 0 aliphatic rings. The molecular formula is C13H13BrN2O4S. The lowest BCUT2D eigenvalue weighted by atomic mass is 10.2. The van der Waals surface area contributed by atoms with Crippen molar-refractivity contribution in [2.45, 2.75) is 12.0 Å². The van der Waals surface area contributed by atoms with Crippen LogP contribution in [0.2, 0.25) is 0 Å². The molecule has 1 heterocycles. The molecule has 21 heavy (non-hydrogen) atoms. The lowest BCUT2D eigenvalue weighted by Crippen LogP contribution is -2.18. The van der Waals surface area contributed by atoms with Crippen molar-refractivity contribution < 1.29 is 17.6 Å². The number of nitrogens with one attached hydrogen (secondary N) is 2. The summed E-state index contributed by atoms with van der Waals surface area (Å²) >= 11 is 3.37. The third kappa shape index (κ3) is 3.52. The fourth-order valence-corrected chi connectivity index (χ4v) is 2.50. The molecule has 0 unspecified atom stereocenters. The summed E-state index contributed by atoms with van der Waals surface area (Å²) in [4.78, 5) is 12.0. The number of halogens is 1. The van der Waals surface area contributed by atoms with E-state index in [1.54, 1.807) is 12.1 Å². The Hall–Kier alpha value is -1.64. The third-order valence-electron chi connectivity index (χ3n) is 2.75. The predicted molar refractivity (Wildman–Crippen MR) is 81.8 cm³/mol. The first-order valence-electron chi connectivity index (χ1n) is 5.94. The molecule has 0 aliphatic heterocycles. The monoisotopic (exact) mass is 372 g/mol. The summed E-state index contributed by atoms with van der Waals surface area (Å²) in [6, 6.07) is 7.86. The standard InChI is InChI=1S/C13H13BrN2O4S/c1-8-7-9(3-4-10(8)14)16-13(17)11-5-6-12(20-11)21(18,19)15-2/h3-7,15H,1-2H3,(H,16,17). The second-order valence-electron chi connectivity index (χ2n) is 4.24. The third-order valence-corrected chi connectivity index (χ3v) is 4.93. The van der Waals surface area contributed by atoms with E-state index in [4.69, 9.17) is 4.42 Å². The first-order valence-corrected chi connectivity index (χ1v) is 8.22. The van der Waals surface area contributed by atoms with Gasteiger partial charge in [0.2, 0.25) is 5.09 Å². The van der Waals surface area contributed by atoms with Gasteiger partial charge < -0.3 is 9.73 Å². The molecule has 0 radical (unpaired) electrons. The van der Waals surface area contributed by atoms with E-state index in [0.717, 1.165) is 10.0 Å². The number of hydrogen-bond donors (Lipinski definition) is 2. The molecule has 0 fully saturated rings. The van der Waals surface area contributed by atoms with Crippen molar-refractivity contribution in [3.63, 3.8) is 0 Å². The summed E-state index contributed by atoms with van der Waals surface area (Å²) in [5, 5.41) is 2.34. The Morgan fingerprint density at radius 1 is 1.24 bits per heavy atom. The van der Waals surface area contributed by atoms with Gasteiger partial charge in [0.1, 0.15) is 0 Å². The summed E-state index contributed by atoms with van der Waals surface area (Å²) in [5.41, 5.74) is 1.56. The van der Waals surface area contributed by atoms with Crippen molar-refractivity contribution in [3.05, 3.63) is 46.1 Å². The SMILES string of the molecule is CNS(=O)(=O)c1ccc(C(=O)Nc2ccc(Br)c(C)c2)o1. The minimum atomic E-state index is -3.70.